The van der Waals surface area contributed by atoms with Crippen LogP contribution in [0.25, 0.3) is 0 Å². The van der Waals surface area contributed by atoms with E-state index in [0.29, 0.717) is 6.07 Å². The molecule has 1 aromatic heterocycles. The fourth-order valence-electron chi connectivity index (χ4n) is 1.05. The van der Waals surface area contributed by atoms with Crippen LogP contribution < -0.4 is 5.73 Å². The molecular weight excluding hydrogens is 235 g/mol. The summed E-state index contributed by atoms with van der Waals surface area (Å²) in [4.78, 5) is 13.1. The van der Waals surface area contributed by atoms with Gasteiger partial charge in [0.1, 0.15) is 5.69 Å². The molecule has 0 spiro atoms. The number of hydrogen-bond acceptors (Lipinski definition) is 3. The van der Waals surface area contributed by atoms with Crippen LogP contribution in [0.5, 0.6) is 0 Å². The van der Waals surface area contributed by atoms with Gasteiger partial charge in [-0.1, -0.05) is 0 Å². The molecule has 0 aliphatic rings. The van der Waals surface area contributed by atoms with E-state index >= 15 is 0 Å². The summed E-state index contributed by atoms with van der Waals surface area (Å²) in [6, 6.07) is 0.545. The van der Waals surface area contributed by atoms with Gasteiger partial charge in [0.25, 0.3) is 6.43 Å². The third-order valence-electron chi connectivity index (χ3n) is 1.72. The highest BCUT2D eigenvalue weighted by atomic mass is 19.4. The molecule has 0 radical (unpaired) electrons. The Kier molecular flexibility index (Phi) is 3.11. The Morgan fingerprint density at radius 2 is 1.94 bits per heavy atom. The maximum absolute atomic E-state index is 12.3. The van der Waals surface area contributed by atoms with E-state index in [1.807, 2.05) is 0 Å². The minimum absolute atomic E-state index is 0.166. The average molecular weight is 240 g/mol. The summed E-state index contributed by atoms with van der Waals surface area (Å²) >= 11 is 0. The molecule has 2 N–H and O–H groups in total. The molecule has 88 valence electrons. The Bertz CT molecular complexity index is 416. The Morgan fingerprint density at radius 3 is 2.31 bits per heavy atom. The summed E-state index contributed by atoms with van der Waals surface area (Å²) in [5.41, 5.74) is 0.644. The van der Waals surface area contributed by atoms with Crippen LogP contribution in [0.15, 0.2) is 6.07 Å². The first kappa shape index (κ1) is 12.3. The van der Waals surface area contributed by atoms with E-state index in [0.717, 1.165) is 0 Å². The smallest absolute Gasteiger partial charge is 0.398 e. The normalized spacial score (nSPS) is 11.9. The Labute approximate surface area is 86.1 Å². The SMILES string of the molecule is Nc1cc(C(F)F)nc(C(F)(F)F)c1C=O. The number of pyridine rings is 1. The van der Waals surface area contributed by atoms with Gasteiger partial charge in [-0.05, 0) is 6.07 Å². The van der Waals surface area contributed by atoms with Crippen LogP contribution in [0, 0.1) is 0 Å². The molecule has 0 bridgehead atoms. The highest BCUT2D eigenvalue weighted by Gasteiger charge is 2.37. The van der Waals surface area contributed by atoms with Crippen LogP contribution in [0.4, 0.5) is 27.6 Å². The number of anilines is 1. The molecule has 3 nitrogen and oxygen atoms in total. The van der Waals surface area contributed by atoms with Crippen molar-refractivity contribution in [2.45, 2.75) is 12.6 Å². The molecule has 8 heteroatoms. The lowest BCUT2D eigenvalue weighted by Gasteiger charge is -2.12. The molecule has 0 amide bonds. The maximum atomic E-state index is 12.3. The lowest BCUT2D eigenvalue weighted by molar-refractivity contribution is -0.141. The summed E-state index contributed by atoms with van der Waals surface area (Å²) in [7, 11) is 0. The van der Waals surface area contributed by atoms with Crippen molar-refractivity contribution in [3.63, 3.8) is 0 Å². The van der Waals surface area contributed by atoms with E-state index in [1.165, 1.54) is 0 Å². The highest BCUT2D eigenvalue weighted by Crippen LogP contribution is 2.34. The van der Waals surface area contributed by atoms with Crippen LogP contribution in [0.2, 0.25) is 0 Å². The van der Waals surface area contributed by atoms with Gasteiger partial charge in [0.2, 0.25) is 0 Å². The van der Waals surface area contributed by atoms with E-state index in [2.05, 4.69) is 4.98 Å². The fraction of sp³-hybridized carbons (Fsp3) is 0.250. The van der Waals surface area contributed by atoms with Gasteiger partial charge in [0, 0.05) is 5.69 Å². The van der Waals surface area contributed by atoms with Gasteiger partial charge in [0.05, 0.1) is 5.56 Å². The average Bonchev–Trinajstić information content (AvgIpc) is 2.14. The van der Waals surface area contributed by atoms with E-state index in [-0.39, 0.29) is 6.29 Å². The van der Waals surface area contributed by atoms with E-state index < -0.39 is 35.2 Å². The number of halogens is 5. The minimum Gasteiger partial charge on any atom is -0.398 e. The molecule has 0 atom stereocenters. The molecule has 0 aromatic carbocycles. The van der Waals surface area contributed by atoms with Crippen molar-refractivity contribution in [1.82, 2.24) is 4.98 Å². The zero-order valence-electron chi connectivity index (χ0n) is 7.55. The summed E-state index contributed by atoms with van der Waals surface area (Å²) < 4.78 is 61.4. The van der Waals surface area contributed by atoms with E-state index in [1.54, 1.807) is 0 Å². The van der Waals surface area contributed by atoms with Crippen molar-refractivity contribution in [3.8, 4) is 0 Å². The summed E-state index contributed by atoms with van der Waals surface area (Å²) in [6.45, 7) is 0. The van der Waals surface area contributed by atoms with Gasteiger partial charge in [-0.2, -0.15) is 13.2 Å². The quantitative estimate of drug-likeness (QED) is 0.638. The monoisotopic (exact) mass is 240 g/mol. The molecule has 0 unspecified atom stereocenters. The van der Waals surface area contributed by atoms with E-state index in [4.69, 9.17) is 5.73 Å². The van der Waals surface area contributed by atoms with Crippen molar-refractivity contribution in [3.05, 3.63) is 23.0 Å². The second kappa shape index (κ2) is 4.03. The Balaban J connectivity index is 3.49. The molecule has 0 saturated carbocycles. The number of aromatic nitrogens is 1. The molecule has 1 aromatic rings. The predicted octanol–water partition coefficient (Wildman–Crippen LogP) is 2.43. The van der Waals surface area contributed by atoms with Crippen molar-refractivity contribution < 1.29 is 26.7 Å². The summed E-state index contributed by atoms with van der Waals surface area (Å²) in [5.74, 6) is 0. The van der Waals surface area contributed by atoms with Crippen LogP contribution in [0.3, 0.4) is 0 Å². The van der Waals surface area contributed by atoms with Crippen molar-refractivity contribution in [1.29, 1.82) is 0 Å². The predicted molar refractivity (Wildman–Crippen MR) is 44.0 cm³/mol. The number of nitrogen functional groups attached to an aromatic ring is 1. The number of aldehydes is 1. The van der Waals surface area contributed by atoms with Gasteiger partial charge < -0.3 is 5.73 Å². The zero-order chi connectivity index (χ0) is 12.5. The third kappa shape index (κ3) is 2.26. The van der Waals surface area contributed by atoms with Crippen LogP contribution in [-0.2, 0) is 6.18 Å². The molecule has 0 aliphatic heterocycles. The fourth-order valence-corrected chi connectivity index (χ4v) is 1.05. The number of alkyl halides is 5. The number of rotatable bonds is 2. The van der Waals surface area contributed by atoms with Crippen LogP contribution in [-0.4, -0.2) is 11.3 Å². The number of hydrogen-bond donors (Lipinski definition) is 1. The first-order chi connectivity index (χ1) is 7.27. The van der Waals surface area contributed by atoms with Crippen LogP contribution in [0.1, 0.15) is 28.2 Å². The number of nitrogens with zero attached hydrogens (tertiary/aromatic N) is 1. The first-order valence-electron chi connectivity index (χ1n) is 3.88. The third-order valence-corrected chi connectivity index (χ3v) is 1.72. The summed E-state index contributed by atoms with van der Waals surface area (Å²) in [5, 5.41) is 0. The van der Waals surface area contributed by atoms with Crippen molar-refractivity contribution in [2.75, 3.05) is 5.73 Å². The lowest BCUT2D eigenvalue weighted by Crippen LogP contribution is -2.15. The minimum atomic E-state index is -5.00. The van der Waals surface area contributed by atoms with Gasteiger partial charge in [-0.15, -0.1) is 0 Å². The molecule has 1 rings (SSSR count). The Morgan fingerprint density at radius 1 is 1.38 bits per heavy atom. The highest BCUT2D eigenvalue weighted by molar-refractivity contribution is 5.85. The molecule has 1 heterocycles. The lowest BCUT2D eigenvalue weighted by atomic mass is 10.1. The van der Waals surface area contributed by atoms with Crippen molar-refractivity contribution in [2.24, 2.45) is 0 Å². The first-order valence-corrected chi connectivity index (χ1v) is 3.88. The molecule has 16 heavy (non-hydrogen) atoms. The van der Waals surface area contributed by atoms with Gasteiger partial charge in [0.15, 0.2) is 12.0 Å². The number of carbonyl (C=O) groups is 1. The van der Waals surface area contributed by atoms with E-state index in [9.17, 15) is 26.7 Å². The van der Waals surface area contributed by atoms with Crippen LogP contribution >= 0.6 is 0 Å². The molecule has 0 aliphatic carbocycles. The van der Waals surface area contributed by atoms with Gasteiger partial charge >= 0.3 is 6.18 Å². The molecule has 0 saturated heterocycles. The standard InChI is InChI=1S/C8H5F5N2O/c9-7(10)5-1-4(14)3(2-16)6(15-5)8(11,12)13/h1-2,7H,(H2,14,15). The largest absolute Gasteiger partial charge is 0.434 e. The molecule has 0 fully saturated rings. The summed E-state index contributed by atoms with van der Waals surface area (Å²) in [6.07, 6.45) is -8.36. The topological polar surface area (TPSA) is 56.0 Å². The number of carbonyl (C=O) groups excluding carboxylic acids is 1. The van der Waals surface area contributed by atoms with Gasteiger partial charge in [-0.3, -0.25) is 4.79 Å². The zero-order valence-corrected chi connectivity index (χ0v) is 7.55. The molecular formula is C8H5F5N2O. The van der Waals surface area contributed by atoms with Gasteiger partial charge in [-0.25, -0.2) is 13.8 Å². The maximum Gasteiger partial charge on any atom is 0.434 e. The Hall–Kier alpha value is -1.73. The second-order valence-corrected chi connectivity index (χ2v) is 2.81. The number of nitrogens with two attached hydrogens (primary N) is 1. The second-order valence-electron chi connectivity index (χ2n) is 2.81. The van der Waals surface area contributed by atoms with Crippen molar-refractivity contribution >= 4 is 12.0 Å².